The zero-order valence-electron chi connectivity index (χ0n) is 17.4. The molecule has 1 amide bonds. The van der Waals surface area contributed by atoms with Crippen molar-refractivity contribution < 1.29 is 4.79 Å². The lowest BCUT2D eigenvalue weighted by Gasteiger charge is -2.29. The first-order chi connectivity index (χ1) is 13.2. The highest BCUT2D eigenvalue weighted by atomic mass is 16.1. The fraction of sp³-hybridized carbons (Fsp3) is 0.417. The van der Waals surface area contributed by atoms with Crippen molar-refractivity contribution in [2.24, 2.45) is 11.1 Å². The highest BCUT2D eigenvalue weighted by molar-refractivity contribution is 5.98. The third kappa shape index (κ3) is 5.00. The van der Waals surface area contributed by atoms with Gasteiger partial charge < -0.3 is 11.1 Å². The van der Waals surface area contributed by atoms with Gasteiger partial charge in [0.15, 0.2) is 0 Å². The summed E-state index contributed by atoms with van der Waals surface area (Å²) in [6.07, 6.45) is 6.27. The molecule has 0 fully saturated rings. The van der Waals surface area contributed by atoms with Crippen molar-refractivity contribution in [3.63, 3.8) is 0 Å². The highest BCUT2D eigenvalue weighted by Crippen LogP contribution is 2.39. The van der Waals surface area contributed by atoms with Gasteiger partial charge in [0.05, 0.1) is 0 Å². The quantitative estimate of drug-likeness (QED) is 0.734. The normalized spacial score (nSPS) is 16.9. The molecule has 3 rings (SSSR count). The standard InChI is InChI=1S/C24H31N3O/c1-16-6-5-7-22(26-16)27-17(2)14-18-8-9-20(23(25)28)21(15-18)19-10-12-24(3,4)13-11-19/h5-10,15,17H,11-14H2,1-4H3,(H2,25,28)(H,26,27). The summed E-state index contributed by atoms with van der Waals surface area (Å²) in [5, 5.41) is 3.46. The largest absolute Gasteiger partial charge is 0.367 e. The molecule has 1 aromatic heterocycles. The number of primary amides is 1. The van der Waals surface area contributed by atoms with Gasteiger partial charge in [-0.15, -0.1) is 0 Å². The molecule has 0 spiro atoms. The molecule has 2 aromatic rings. The van der Waals surface area contributed by atoms with Gasteiger partial charge in [-0.3, -0.25) is 4.79 Å². The third-order valence-corrected chi connectivity index (χ3v) is 5.49. The van der Waals surface area contributed by atoms with Crippen molar-refractivity contribution in [2.45, 2.75) is 59.4 Å². The summed E-state index contributed by atoms with van der Waals surface area (Å²) >= 11 is 0. The number of hydrogen-bond acceptors (Lipinski definition) is 3. The van der Waals surface area contributed by atoms with Crippen LogP contribution in [-0.2, 0) is 6.42 Å². The van der Waals surface area contributed by atoms with E-state index in [-0.39, 0.29) is 11.9 Å². The van der Waals surface area contributed by atoms with E-state index in [4.69, 9.17) is 5.73 Å². The monoisotopic (exact) mass is 377 g/mol. The Labute approximate surface area is 168 Å². The molecule has 1 aliphatic rings. The van der Waals surface area contributed by atoms with Crippen LogP contribution in [0.4, 0.5) is 5.82 Å². The minimum absolute atomic E-state index is 0.223. The summed E-state index contributed by atoms with van der Waals surface area (Å²) in [5.74, 6) is 0.529. The molecule has 0 saturated carbocycles. The number of allylic oxidation sites excluding steroid dienone is 2. The van der Waals surface area contributed by atoms with Crippen LogP contribution >= 0.6 is 0 Å². The minimum Gasteiger partial charge on any atom is -0.367 e. The molecule has 0 aliphatic heterocycles. The van der Waals surface area contributed by atoms with Gasteiger partial charge >= 0.3 is 0 Å². The summed E-state index contributed by atoms with van der Waals surface area (Å²) in [5.41, 5.74) is 11.0. The van der Waals surface area contributed by atoms with E-state index in [1.807, 2.05) is 37.3 Å². The molecule has 1 atom stereocenters. The zero-order valence-corrected chi connectivity index (χ0v) is 17.4. The molecule has 0 bridgehead atoms. The number of carbonyl (C=O) groups is 1. The summed E-state index contributed by atoms with van der Waals surface area (Å²) < 4.78 is 0. The number of hydrogen-bond donors (Lipinski definition) is 2. The van der Waals surface area contributed by atoms with Crippen molar-refractivity contribution in [2.75, 3.05) is 5.32 Å². The van der Waals surface area contributed by atoms with Crippen LogP contribution in [0.5, 0.6) is 0 Å². The van der Waals surface area contributed by atoms with E-state index >= 15 is 0 Å². The lowest BCUT2D eigenvalue weighted by atomic mass is 9.76. The molecule has 28 heavy (non-hydrogen) atoms. The van der Waals surface area contributed by atoms with E-state index in [0.717, 1.165) is 42.8 Å². The summed E-state index contributed by atoms with van der Waals surface area (Å²) in [4.78, 5) is 16.5. The van der Waals surface area contributed by atoms with Crippen molar-refractivity contribution in [1.82, 2.24) is 4.98 Å². The fourth-order valence-corrected chi connectivity index (χ4v) is 3.80. The lowest BCUT2D eigenvalue weighted by molar-refractivity contribution is 0.1000. The smallest absolute Gasteiger partial charge is 0.249 e. The maximum Gasteiger partial charge on any atom is 0.249 e. The topological polar surface area (TPSA) is 68.0 Å². The minimum atomic E-state index is -0.359. The van der Waals surface area contributed by atoms with Crippen LogP contribution in [0.3, 0.4) is 0 Å². The Hall–Kier alpha value is -2.62. The number of nitrogens with one attached hydrogen (secondary N) is 1. The van der Waals surface area contributed by atoms with Gasteiger partial charge in [-0.25, -0.2) is 4.98 Å². The van der Waals surface area contributed by atoms with Crippen molar-refractivity contribution in [1.29, 1.82) is 0 Å². The molecule has 1 aromatic carbocycles. The maximum atomic E-state index is 12.0. The number of rotatable bonds is 6. The molecule has 1 unspecified atom stereocenters. The van der Waals surface area contributed by atoms with E-state index in [9.17, 15) is 4.79 Å². The number of anilines is 1. The third-order valence-electron chi connectivity index (χ3n) is 5.49. The molecule has 0 saturated heterocycles. The number of aromatic nitrogens is 1. The van der Waals surface area contributed by atoms with Crippen molar-refractivity contribution in [3.05, 3.63) is 64.9 Å². The second-order valence-corrected chi connectivity index (χ2v) is 8.76. The van der Waals surface area contributed by atoms with E-state index in [1.165, 1.54) is 11.1 Å². The Kier molecular flexibility index (Phi) is 5.87. The Morgan fingerprint density at radius 2 is 2.07 bits per heavy atom. The van der Waals surface area contributed by atoms with Crippen LogP contribution in [-0.4, -0.2) is 16.9 Å². The van der Waals surface area contributed by atoms with Gasteiger partial charge in [-0.1, -0.05) is 38.1 Å². The maximum absolute atomic E-state index is 12.0. The predicted molar refractivity (Wildman–Crippen MR) is 116 cm³/mol. The molecule has 1 heterocycles. The van der Waals surface area contributed by atoms with Crippen LogP contribution in [0.2, 0.25) is 0 Å². The molecule has 4 nitrogen and oxygen atoms in total. The summed E-state index contributed by atoms with van der Waals surface area (Å²) in [6, 6.07) is 12.2. The van der Waals surface area contributed by atoms with Gasteiger partial charge in [0.2, 0.25) is 5.91 Å². The van der Waals surface area contributed by atoms with Gasteiger partial charge in [-0.2, -0.15) is 0 Å². The SMILES string of the molecule is Cc1cccc(NC(C)Cc2ccc(C(N)=O)c(C3=CCC(C)(C)CC3)c2)n1. The number of nitrogens with zero attached hydrogens (tertiary/aromatic N) is 1. The molecule has 1 aliphatic carbocycles. The Morgan fingerprint density at radius 1 is 1.29 bits per heavy atom. The van der Waals surface area contributed by atoms with Crippen LogP contribution in [0.15, 0.2) is 42.5 Å². The molecule has 0 radical (unpaired) electrons. The first-order valence-corrected chi connectivity index (χ1v) is 10.1. The zero-order chi connectivity index (χ0) is 20.3. The summed E-state index contributed by atoms with van der Waals surface area (Å²) in [6.45, 7) is 8.72. The number of carbonyl (C=O) groups excluding carboxylic acids is 1. The molecule has 148 valence electrons. The number of benzene rings is 1. The number of aryl methyl sites for hydroxylation is 1. The number of pyridine rings is 1. The number of nitrogens with two attached hydrogens (primary N) is 1. The Bertz CT molecular complexity index is 898. The van der Waals surface area contributed by atoms with Crippen LogP contribution in [0.1, 0.15) is 67.2 Å². The number of amides is 1. The second-order valence-electron chi connectivity index (χ2n) is 8.76. The van der Waals surface area contributed by atoms with Crippen LogP contribution in [0.25, 0.3) is 5.57 Å². The Morgan fingerprint density at radius 3 is 2.71 bits per heavy atom. The van der Waals surface area contributed by atoms with E-state index in [2.05, 4.69) is 43.2 Å². The van der Waals surface area contributed by atoms with Crippen LogP contribution in [0, 0.1) is 12.3 Å². The van der Waals surface area contributed by atoms with Crippen molar-refractivity contribution >= 4 is 17.3 Å². The first kappa shape index (κ1) is 20.1. The van der Waals surface area contributed by atoms with Crippen LogP contribution < -0.4 is 11.1 Å². The summed E-state index contributed by atoms with van der Waals surface area (Å²) in [7, 11) is 0. The molecule has 4 heteroatoms. The fourth-order valence-electron chi connectivity index (χ4n) is 3.80. The van der Waals surface area contributed by atoms with E-state index in [0.29, 0.717) is 11.0 Å². The molecular formula is C24H31N3O. The highest BCUT2D eigenvalue weighted by Gasteiger charge is 2.24. The van der Waals surface area contributed by atoms with Crippen molar-refractivity contribution in [3.8, 4) is 0 Å². The van der Waals surface area contributed by atoms with Gasteiger partial charge in [0, 0.05) is 17.3 Å². The Balaban J connectivity index is 1.81. The van der Waals surface area contributed by atoms with E-state index in [1.54, 1.807) is 0 Å². The second kappa shape index (κ2) is 8.17. The van der Waals surface area contributed by atoms with E-state index < -0.39 is 0 Å². The first-order valence-electron chi connectivity index (χ1n) is 10.1. The average molecular weight is 378 g/mol. The molecule has 3 N–H and O–H groups in total. The average Bonchev–Trinajstić information content (AvgIpc) is 2.61. The molecular weight excluding hydrogens is 346 g/mol. The van der Waals surface area contributed by atoms with Gasteiger partial charge in [0.25, 0.3) is 0 Å². The van der Waals surface area contributed by atoms with Gasteiger partial charge in [-0.05, 0) is 79.8 Å². The predicted octanol–water partition coefficient (Wildman–Crippen LogP) is 5.13. The lowest BCUT2D eigenvalue weighted by Crippen LogP contribution is -2.20. The van der Waals surface area contributed by atoms with Gasteiger partial charge in [0.1, 0.15) is 5.82 Å².